The minimum atomic E-state index is 0.203. The van der Waals surface area contributed by atoms with Gasteiger partial charge in [-0.25, -0.2) is 0 Å². The molecule has 1 aliphatic rings. The van der Waals surface area contributed by atoms with Gasteiger partial charge in [-0.3, -0.25) is 5.41 Å². The Bertz CT molecular complexity index is 346. The molecule has 0 unspecified atom stereocenters. The quantitative estimate of drug-likeness (QED) is 0.494. The van der Waals surface area contributed by atoms with E-state index in [4.69, 9.17) is 11.1 Å². The molecule has 0 amide bonds. The third-order valence-electron chi connectivity index (χ3n) is 2.67. The van der Waals surface area contributed by atoms with Crippen LogP contribution in [0.4, 0.5) is 0 Å². The van der Waals surface area contributed by atoms with Gasteiger partial charge in [-0.2, -0.15) is 0 Å². The summed E-state index contributed by atoms with van der Waals surface area (Å²) in [4.78, 5) is 0. The molecule has 2 rings (SSSR count). The van der Waals surface area contributed by atoms with E-state index in [0.29, 0.717) is 12.6 Å². The van der Waals surface area contributed by atoms with Crippen LogP contribution in [0.2, 0.25) is 0 Å². The minimum absolute atomic E-state index is 0.203. The van der Waals surface area contributed by atoms with E-state index >= 15 is 0 Å². The maximum absolute atomic E-state index is 7.16. The average molecular weight is 189 g/mol. The lowest BCUT2D eigenvalue weighted by atomic mass is 10.1. The maximum atomic E-state index is 7.16. The largest absolute Gasteiger partial charge is 0.387 e. The molecule has 3 nitrogen and oxygen atoms in total. The van der Waals surface area contributed by atoms with Crippen LogP contribution in [0.3, 0.4) is 0 Å². The smallest absolute Gasteiger partial charge is 0.105 e. The summed E-state index contributed by atoms with van der Waals surface area (Å²) in [7, 11) is 0. The zero-order valence-corrected chi connectivity index (χ0v) is 8.09. The minimum Gasteiger partial charge on any atom is -0.387 e. The zero-order chi connectivity index (χ0) is 9.97. The summed E-state index contributed by atoms with van der Waals surface area (Å²) in [6.45, 7) is 0.485. The van der Waals surface area contributed by atoms with E-state index < -0.39 is 0 Å². The molecular weight excluding hydrogens is 174 g/mol. The monoisotopic (exact) mass is 189 g/mol. The standard InChI is InChI=1S/C11H15N3/c12-11(13)7-14-10-6-5-8-3-1-2-4-9(8)10/h1-4,10,14H,5-7H2,(H3,12,13)/t10-/m1/s1. The van der Waals surface area contributed by atoms with Gasteiger partial charge >= 0.3 is 0 Å². The predicted octanol–water partition coefficient (Wildman–Crippen LogP) is 1.20. The Hall–Kier alpha value is -1.35. The highest BCUT2D eigenvalue weighted by Crippen LogP contribution is 2.30. The lowest BCUT2D eigenvalue weighted by Gasteiger charge is -2.12. The Morgan fingerprint density at radius 2 is 2.29 bits per heavy atom. The number of benzene rings is 1. The van der Waals surface area contributed by atoms with Crippen LogP contribution >= 0.6 is 0 Å². The van der Waals surface area contributed by atoms with E-state index in [1.54, 1.807) is 0 Å². The van der Waals surface area contributed by atoms with Crippen LogP contribution < -0.4 is 11.1 Å². The van der Waals surface area contributed by atoms with Gasteiger partial charge in [0.2, 0.25) is 0 Å². The fourth-order valence-corrected chi connectivity index (χ4v) is 2.00. The number of amidine groups is 1. The van der Waals surface area contributed by atoms with Gasteiger partial charge in [0.25, 0.3) is 0 Å². The highest BCUT2D eigenvalue weighted by Gasteiger charge is 2.20. The fourth-order valence-electron chi connectivity index (χ4n) is 2.00. The summed E-state index contributed by atoms with van der Waals surface area (Å²) < 4.78 is 0. The Labute approximate surface area is 83.8 Å². The summed E-state index contributed by atoms with van der Waals surface area (Å²) in [6, 6.07) is 8.85. The van der Waals surface area contributed by atoms with Gasteiger partial charge in [-0.05, 0) is 24.0 Å². The van der Waals surface area contributed by atoms with Crippen molar-refractivity contribution in [2.45, 2.75) is 18.9 Å². The van der Waals surface area contributed by atoms with Gasteiger partial charge in [0.1, 0.15) is 5.84 Å². The summed E-state index contributed by atoms with van der Waals surface area (Å²) in [5.74, 6) is 0.203. The van der Waals surface area contributed by atoms with Gasteiger partial charge in [0.15, 0.2) is 0 Å². The molecule has 14 heavy (non-hydrogen) atoms. The second-order valence-electron chi connectivity index (χ2n) is 3.70. The molecule has 0 saturated carbocycles. The summed E-state index contributed by atoms with van der Waals surface area (Å²) >= 11 is 0. The molecule has 4 N–H and O–H groups in total. The van der Waals surface area contributed by atoms with Crippen molar-refractivity contribution in [3.8, 4) is 0 Å². The van der Waals surface area contributed by atoms with Gasteiger partial charge < -0.3 is 11.1 Å². The Morgan fingerprint density at radius 3 is 3.07 bits per heavy atom. The molecule has 1 aliphatic carbocycles. The number of fused-ring (bicyclic) bond motifs is 1. The van der Waals surface area contributed by atoms with Crippen LogP contribution in [-0.4, -0.2) is 12.4 Å². The van der Waals surface area contributed by atoms with Gasteiger partial charge in [-0.15, -0.1) is 0 Å². The van der Waals surface area contributed by atoms with Crippen molar-refractivity contribution in [3.63, 3.8) is 0 Å². The first-order valence-electron chi connectivity index (χ1n) is 4.91. The first-order chi connectivity index (χ1) is 6.77. The summed E-state index contributed by atoms with van der Waals surface area (Å²) in [6.07, 6.45) is 2.25. The second kappa shape index (κ2) is 3.80. The Kier molecular flexibility index (Phi) is 2.50. The molecule has 3 heteroatoms. The molecule has 0 aliphatic heterocycles. The molecule has 0 heterocycles. The van der Waals surface area contributed by atoms with E-state index in [1.807, 2.05) is 0 Å². The lowest BCUT2D eigenvalue weighted by molar-refractivity contribution is 0.570. The van der Waals surface area contributed by atoms with Gasteiger partial charge in [-0.1, -0.05) is 24.3 Å². The fraction of sp³-hybridized carbons (Fsp3) is 0.364. The van der Waals surface area contributed by atoms with Crippen molar-refractivity contribution >= 4 is 5.84 Å². The molecule has 0 saturated heterocycles. The van der Waals surface area contributed by atoms with Gasteiger partial charge in [0.05, 0.1) is 6.54 Å². The molecule has 0 aromatic heterocycles. The highest BCUT2D eigenvalue weighted by atomic mass is 14.9. The first kappa shape index (κ1) is 9.21. The molecule has 0 radical (unpaired) electrons. The first-order valence-corrected chi connectivity index (χ1v) is 4.91. The zero-order valence-electron chi connectivity index (χ0n) is 8.09. The maximum Gasteiger partial charge on any atom is 0.105 e. The topological polar surface area (TPSA) is 61.9 Å². The van der Waals surface area contributed by atoms with Crippen molar-refractivity contribution in [1.82, 2.24) is 5.32 Å². The van der Waals surface area contributed by atoms with Crippen LogP contribution in [0.5, 0.6) is 0 Å². The number of nitrogens with one attached hydrogen (secondary N) is 2. The number of hydrogen-bond acceptors (Lipinski definition) is 2. The number of nitrogens with two attached hydrogens (primary N) is 1. The molecule has 1 aromatic carbocycles. The number of aryl methyl sites for hydroxylation is 1. The predicted molar refractivity (Wildman–Crippen MR) is 57.4 cm³/mol. The molecule has 0 fully saturated rings. The van der Waals surface area contributed by atoms with Crippen LogP contribution in [0, 0.1) is 5.41 Å². The SMILES string of the molecule is N=C(N)CN[C@@H]1CCc2ccccc21. The number of hydrogen-bond donors (Lipinski definition) is 3. The van der Waals surface area contributed by atoms with Crippen molar-refractivity contribution in [2.75, 3.05) is 6.54 Å². The van der Waals surface area contributed by atoms with E-state index in [2.05, 4.69) is 29.6 Å². The van der Waals surface area contributed by atoms with Crippen LogP contribution in [-0.2, 0) is 6.42 Å². The van der Waals surface area contributed by atoms with E-state index in [9.17, 15) is 0 Å². The second-order valence-corrected chi connectivity index (χ2v) is 3.70. The highest BCUT2D eigenvalue weighted by molar-refractivity contribution is 5.79. The van der Waals surface area contributed by atoms with Crippen molar-refractivity contribution in [1.29, 1.82) is 5.41 Å². The molecule has 0 bridgehead atoms. The number of rotatable bonds is 3. The van der Waals surface area contributed by atoms with E-state index in [-0.39, 0.29) is 5.84 Å². The molecule has 1 aromatic rings. The third kappa shape index (κ3) is 1.77. The van der Waals surface area contributed by atoms with E-state index in [1.165, 1.54) is 11.1 Å². The third-order valence-corrected chi connectivity index (χ3v) is 2.67. The van der Waals surface area contributed by atoms with Crippen molar-refractivity contribution in [2.24, 2.45) is 5.73 Å². The average Bonchev–Trinajstić information content (AvgIpc) is 2.58. The molecule has 0 spiro atoms. The van der Waals surface area contributed by atoms with Crippen LogP contribution in [0.1, 0.15) is 23.6 Å². The van der Waals surface area contributed by atoms with Crippen molar-refractivity contribution < 1.29 is 0 Å². The molecular formula is C11H15N3. The molecule has 74 valence electrons. The Morgan fingerprint density at radius 1 is 1.50 bits per heavy atom. The van der Waals surface area contributed by atoms with Gasteiger partial charge in [0, 0.05) is 6.04 Å². The lowest BCUT2D eigenvalue weighted by Crippen LogP contribution is -2.30. The van der Waals surface area contributed by atoms with Crippen LogP contribution in [0.25, 0.3) is 0 Å². The van der Waals surface area contributed by atoms with Crippen LogP contribution in [0.15, 0.2) is 24.3 Å². The van der Waals surface area contributed by atoms with E-state index in [0.717, 1.165) is 12.8 Å². The van der Waals surface area contributed by atoms with Crippen molar-refractivity contribution in [3.05, 3.63) is 35.4 Å². The molecule has 1 atom stereocenters. The normalized spacial score (nSPS) is 19.3. The Balaban J connectivity index is 2.07. The summed E-state index contributed by atoms with van der Waals surface area (Å²) in [5.41, 5.74) is 8.11. The summed E-state index contributed by atoms with van der Waals surface area (Å²) in [5, 5.41) is 10.4.